The lowest BCUT2D eigenvalue weighted by Crippen LogP contribution is -2.06. The van der Waals surface area contributed by atoms with E-state index in [4.69, 9.17) is 11.6 Å². The van der Waals surface area contributed by atoms with Crippen molar-refractivity contribution in [3.05, 3.63) is 52.7 Å². The van der Waals surface area contributed by atoms with Gasteiger partial charge in [-0.2, -0.15) is 13.2 Å². The van der Waals surface area contributed by atoms with Gasteiger partial charge in [0.1, 0.15) is 5.15 Å². The molecule has 112 valence electrons. The van der Waals surface area contributed by atoms with Crippen LogP contribution in [0.1, 0.15) is 25.0 Å². The van der Waals surface area contributed by atoms with E-state index in [9.17, 15) is 13.2 Å². The first-order chi connectivity index (χ1) is 9.75. The summed E-state index contributed by atoms with van der Waals surface area (Å²) < 4.78 is 38.5. The fourth-order valence-corrected chi connectivity index (χ4v) is 2.35. The number of hydrogen-bond acceptors (Lipinski definition) is 1. The Hall–Kier alpha value is -1.55. The molecule has 0 saturated heterocycles. The normalized spacial score (nSPS) is 12.0. The Morgan fingerprint density at radius 3 is 2.48 bits per heavy atom. The summed E-state index contributed by atoms with van der Waals surface area (Å²) in [7, 11) is 0. The SMILES string of the molecule is CC(C)Cc1cccc(-c2cc(C(F)(F)F)cc(Cl)n2)c1. The zero-order valence-electron chi connectivity index (χ0n) is 11.7. The van der Waals surface area contributed by atoms with Gasteiger partial charge in [0.15, 0.2) is 0 Å². The summed E-state index contributed by atoms with van der Waals surface area (Å²) >= 11 is 5.72. The third-order valence-electron chi connectivity index (χ3n) is 2.99. The summed E-state index contributed by atoms with van der Waals surface area (Å²) in [5.74, 6) is 0.471. The van der Waals surface area contributed by atoms with Gasteiger partial charge in [-0.25, -0.2) is 4.98 Å². The Morgan fingerprint density at radius 2 is 1.86 bits per heavy atom. The lowest BCUT2D eigenvalue weighted by atomic mass is 9.99. The topological polar surface area (TPSA) is 12.9 Å². The molecule has 0 amide bonds. The van der Waals surface area contributed by atoms with Gasteiger partial charge in [-0.15, -0.1) is 0 Å². The van der Waals surface area contributed by atoms with Crippen LogP contribution in [0.4, 0.5) is 13.2 Å². The van der Waals surface area contributed by atoms with Crippen LogP contribution in [0.15, 0.2) is 36.4 Å². The molecule has 0 atom stereocenters. The van der Waals surface area contributed by atoms with Crippen molar-refractivity contribution in [2.24, 2.45) is 5.92 Å². The number of alkyl halides is 3. The molecular weight excluding hydrogens is 299 g/mol. The maximum atomic E-state index is 12.8. The van der Waals surface area contributed by atoms with E-state index >= 15 is 0 Å². The van der Waals surface area contributed by atoms with E-state index in [1.807, 2.05) is 18.2 Å². The third kappa shape index (κ3) is 4.21. The van der Waals surface area contributed by atoms with Crippen LogP contribution in [0.5, 0.6) is 0 Å². The maximum absolute atomic E-state index is 12.8. The van der Waals surface area contributed by atoms with E-state index in [1.54, 1.807) is 6.07 Å². The summed E-state index contributed by atoms with van der Waals surface area (Å²) in [4.78, 5) is 4.00. The molecule has 1 nitrogen and oxygen atoms in total. The van der Waals surface area contributed by atoms with Crippen LogP contribution >= 0.6 is 11.6 Å². The van der Waals surface area contributed by atoms with Gasteiger partial charge in [0.05, 0.1) is 11.3 Å². The van der Waals surface area contributed by atoms with E-state index in [0.717, 1.165) is 24.1 Å². The molecule has 1 aromatic carbocycles. The van der Waals surface area contributed by atoms with Crippen molar-refractivity contribution in [1.82, 2.24) is 4.98 Å². The molecule has 1 aromatic heterocycles. The number of aromatic nitrogens is 1. The van der Waals surface area contributed by atoms with E-state index in [1.165, 1.54) is 0 Å². The molecule has 0 fully saturated rings. The molecule has 0 aliphatic rings. The van der Waals surface area contributed by atoms with E-state index in [0.29, 0.717) is 11.5 Å². The van der Waals surface area contributed by atoms with Gasteiger partial charge in [-0.05, 0) is 36.1 Å². The van der Waals surface area contributed by atoms with Gasteiger partial charge in [0.2, 0.25) is 0 Å². The number of hydrogen-bond donors (Lipinski definition) is 0. The number of benzene rings is 1. The summed E-state index contributed by atoms with van der Waals surface area (Å²) in [6, 6.07) is 9.24. The summed E-state index contributed by atoms with van der Waals surface area (Å²) in [5, 5.41) is -0.158. The monoisotopic (exact) mass is 313 g/mol. The first-order valence-corrected chi connectivity index (χ1v) is 6.97. The highest BCUT2D eigenvalue weighted by Crippen LogP contribution is 2.33. The zero-order chi connectivity index (χ0) is 15.6. The van der Waals surface area contributed by atoms with Crippen LogP contribution in [-0.4, -0.2) is 4.98 Å². The predicted octanol–water partition coefficient (Wildman–Crippen LogP) is 5.62. The largest absolute Gasteiger partial charge is 0.416 e. The number of rotatable bonds is 3. The molecule has 0 saturated carbocycles. The van der Waals surface area contributed by atoms with E-state index in [-0.39, 0.29) is 10.8 Å². The first kappa shape index (κ1) is 15.8. The first-order valence-electron chi connectivity index (χ1n) is 6.60. The smallest absolute Gasteiger partial charge is 0.236 e. The molecule has 2 rings (SSSR count). The second kappa shape index (κ2) is 6.06. The summed E-state index contributed by atoms with van der Waals surface area (Å²) in [5.41, 5.74) is 1.16. The average Bonchev–Trinajstić information content (AvgIpc) is 2.36. The lowest BCUT2D eigenvalue weighted by molar-refractivity contribution is -0.137. The molecule has 0 aliphatic heterocycles. The lowest BCUT2D eigenvalue weighted by Gasteiger charge is -2.11. The summed E-state index contributed by atoms with van der Waals surface area (Å²) in [6.07, 6.45) is -3.57. The van der Waals surface area contributed by atoms with Crippen LogP contribution in [0, 0.1) is 5.92 Å². The van der Waals surface area contributed by atoms with Gasteiger partial charge >= 0.3 is 6.18 Å². The highest BCUT2D eigenvalue weighted by Gasteiger charge is 2.31. The van der Waals surface area contributed by atoms with Crippen LogP contribution in [-0.2, 0) is 12.6 Å². The molecule has 0 unspecified atom stereocenters. The Labute approximate surface area is 126 Å². The van der Waals surface area contributed by atoms with Crippen molar-refractivity contribution in [2.45, 2.75) is 26.4 Å². The summed E-state index contributed by atoms with van der Waals surface area (Å²) in [6.45, 7) is 4.18. The molecule has 0 bridgehead atoms. The van der Waals surface area contributed by atoms with Crippen LogP contribution in [0.3, 0.4) is 0 Å². The van der Waals surface area contributed by atoms with Crippen molar-refractivity contribution in [2.75, 3.05) is 0 Å². The second-order valence-corrected chi connectivity index (χ2v) is 5.75. The standard InChI is InChI=1S/C16H15ClF3N/c1-10(2)6-11-4-3-5-12(7-11)14-8-13(16(18,19)20)9-15(17)21-14/h3-5,7-10H,6H2,1-2H3. The fourth-order valence-electron chi connectivity index (χ4n) is 2.14. The molecule has 0 aliphatic carbocycles. The van der Waals surface area contributed by atoms with Crippen molar-refractivity contribution < 1.29 is 13.2 Å². The minimum atomic E-state index is -4.43. The third-order valence-corrected chi connectivity index (χ3v) is 3.18. The molecule has 21 heavy (non-hydrogen) atoms. The quantitative estimate of drug-likeness (QED) is 0.670. The highest BCUT2D eigenvalue weighted by atomic mass is 35.5. The average molecular weight is 314 g/mol. The molecule has 1 heterocycles. The zero-order valence-corrected chi connectivity index (χ0v) is 12.5. The number of nitrogens with zero attached hydrogens (tertiary/aromatic N) is 1. The Morgan fingerprint density at radius 1 is 1.14 bits per heavy atom. The number of pyridine rings is 1. The van der Waals surface area contributed by atoms with Gasteiger partial charge < -0.3 is 0 Å². The van der Waals surface area contributed by atoms with Gasteiger partial charge in [0.25, 0.3) is 0 Å². The Balaban J connectivity index is 2.44. The van der Waals surface area contributed by atoms with Crippen LogP contribution < -0.4 is 0 Å². The minimum Gasteiger partial charge on any atom is -0.236 e. The van der Waals surface area contributed by atoms with Crippen molar-refractivity contribution in [1.29, 1.82) is 0 Å². The van der Waals surface area contributed by atoms with E-state index in [2.05, 4.69) is 18.8 Å². The number of halogens is 4. The van der Waals surface area contributed by atoms with Gasteiger partial charge in [-0.1, -0.05) is 43.6 Å². The Kier molecular flexibility index (Phi) is 4.57. The van der Waals surface area contributed by atoms with Crippen molar-refractivity contribution in [3.63, 3.8) is 0 Å². The maximum Gasteiger partial charge on any atom is 0.416 e. The second-order valence-electron chi connectivity index (χ2n) is 5.36. The van der Waals surface area contributed by atoms with Crippen molar-refractivity contribution >= 4 is 11.6 Å². The molecule has 0 spiro atoms. The molecule has 2 aromatic rings. The molecule has 0 radical (unpaired) electrons. The van der Waals surface area contributed by atoms with Crippen LogP contribution in [0.2, 0.25) is 5.15 Å². The molecule has 5 heteroatoms. The van der Waals surface area contributed by atoms with E-state index < -0.39 is 11.7 Å². The minimum absolute atomic E-state index is 0.158. The van der Waals surface area contributed by atoms with Crippen LogP contribution in [0.25, 0.3) is 11.3 Å². The molecule has 0 N–H and O–H groups in total. The Bertz CT molecular complexity index is 636. The molecular formula is C16H15ClF3N. The predicted molar refractivity (Wildman–Crippen MR) is 78.2 cm³/mol. The fraction of sp³-hybridized carbons (Fsp3) is 0.312. The van der Waals surface area contributed by atoms with Crippen molar-refractivity contribution in [3.8, 4) is 11.3 Å². The van der Waals surface area contributed by atoms with Gasteiger partial charge in [0, 0.05) is 5.56 Å². The van der Waals surface area contributed by atoms with Gasteiger partial charge in [-0.3, -0.25) is 0 Å². The highest BCUT2D eigenvalue weighted by molar-refractivity contribution is 6.29.